The van der Waals surface area contributed by atoms with E-state index in [0.29, 0.717) is 19.0 Å². The Bertz CT molecular complexity index is 290. The molecule has 1 fully saturated rings. The lowest BCUT2D eigenvalue weighted by Gasteiger charge is -2.20. The quantitative estimate of drug-likeness (QED) is 0.765. The Labute approximate surface area is 92.9 Å². The summed E-state index contributed by atoms with van der Waals surface area (Å²) in [5.74, 6) is 0.627. The molecule has 4 nitrogen and oxygen atoms in total. The van der Waals surface area contributed by atoms with Crippen molar-refractivity contribution in [1.82, 2.24) is 4.31 Å². The van der Waals surface area contributed by atoms with Gasteiger partial charge in [-0.3, -0.25) is 0 Å². The van der Waals surface area contributed by atoms with Crippen LogP contribution < -0.4 is 5.73 Å². The minimum absolute atomic E-state index is 0.125. The van der Waals surface area contributed by atoms with Crippen LogP contribution >= 0.6 is 0 Å². The first-order valence-electron chi connectivity index (χ1n) is 5.70. The average Bonchev–Trinajstić information content (AvgIpc) is 2.57. The predicted molar refractivity (Wildman–Crippen MR) is 62.0 cm³/mol. The molecular formula is C10H22N2O2S. The first kappa shape index (κ1) is 12.9. The van der Waals surface area contributed by atoms with Crippen LogP contribution in [0.15, 0.2) is 0 Å². The zero-order valence-electron chi connectivity index (χ0n) is 9.65. The van der Waals surface area contributed by atoms with Crippen LogP contribution in [0.3, 0.4) is 0 Å². The van der Waals surface area contributed by atoms with Gasteiger partial charge in [0.05, 0.1) is 5.75 Å². The van der Waals surface area contributed by atoms with Crippen molar-refractivity contribution in [1.29, 1.82) is 0 Å². The van der Waals surface area contributed by atoms with Gasteiger partial charge in [0, 0.05) is 12.6 Å². The number of nitrogens with two attached hydrogens (primary N) is 1. The molecule has 0 saturated carbocycles. The SMILES string of the molecule is CCCCS(=O)(=O)N1CC(CN)CC1C. The van der Waals surface area contributed by atoms with E-state index in [1.54, 1.807) is 4.31 Å². The predicted octanol–water partition coefficient (Wildman–Crippen LogP) is 0.785. The Kier molecular flexibility index (Phi) is 4.55. The van der Waals surface area contributed by atoms with Crippen molar-refractivity contribution in [3.05, 3.63) is 0 Å². The largest absolute Gasteiger partial charge is 0.330 e. The van der Waals surface area contributed by atoms with Crippen LogP contribution in [0.1, 0.15) is 33.1 Å². The summed E-state index contributed by atoms with van der Waals surface area (Å²) in [4.78, 5) is 0. The highest BCUT2D eigenvalue weighted by atomic mass is 32.2. The third kappa shape index (κ3) is 3.16. The van der Waals surface area contributed by atoms with Gasteiger partial charge in [-0.25, -0.2) is 8.42 Å². The topological polar surface area (TPSA) is 63.4 Å². The molecule has 0 aromatic heterocycles. The van der Waals surface area contributed by atoms with Crippen molar-refractivity contribution >= 4 is 10.0 Å². The van der Waals surface area contributed by atoms with E-state index in [2.05, 4.69) is 0 Å². The van der Waals surface area contributed by atoms with E-state index in [1.807, 2.05) is 13.8 Å². The van der Waals surface area contributed by atoms with E-state index < -0.39 is 10.0 Å². The fourth-order valence-corrected chi connectivity index (χ4v) is 4.07. The summed E-state index contributed by atoms with van der Waals surface area (Å²) in [5.41, 5.74) is 5.58. The number of sulfonamides is 1. The molecule has 0 amide bonds. The van der Waals surface area contributed by atoms with Gasteiger partial charge < -0.3 is 5.73 Å². The summed E-state index contributed by atoms with van der Waals surface area (Å²) >= 11 is 0. The Morgan fingerprint density at radius 3 is 2.60 bits per heavy atom. The standard InChI is InChI=1S/C10H22N2O2S/c1-3-4-5-15(13,14)12-8-10(7-11)6-9(12)2/h9-10H,3-8,11H2,1-2H3. The normalized spacial score (nSPS) is 28.5. The van der Waals surface area contributed by atoms with Crippen LogP contribution in [-0.2, 0) is 10.0 Å². The third-order valence-corrected chi connectivity index (χ3v) is 5.08. The van der Waals surface area contributed by atoms with Gasteiger partial charge in [0.2, 0.25) is 10.0 Å². The Balaban J connectivity index is 2.63. The molecule has 0 spiro atoms. The number of rotatable bonds is 5. The molecule has 1 saturated heterocycles. The van der Waals surface area contributed by atoms with E-state index in [-0.39, 0.29) is 11.8 Å². The first-order chi connectivity index (χ1) is 7.01. The van der Waals surface area contributed by atoms with Gasteiger partial charge in [-0.05, 0) is 32.2 Å². The summed E-state index contributed by atoms with van der Waals surface area (Å²) in [5, 5.41) is 0. The summed E-state index contributed by atoms with van der Waals surface area (Å²) in [6.07, 6.45) is 2.57. The maximum absolute atomic E-state index is 11.9. The van der Waals surface area contributed by atoms with Crippen molar-refractivity contribution < 1.29 is 8.42 Å². The zero-order chi connectivity index (χ0) is 11.5. The van der Waals surface area contributed by atoms with E-state index in [4.69, 9.17) is 5.73 Å². The molecule has 90 valence electrons. The fraction of sp³-hybridized carbons (Fsp3) is 1.00. The molecule has 1 heterocycles. The monoisotopic (exact) mass is 234 g/mol. The van der Waals surface area contributed by atoms with Gasteiger partial charge in [0.25, 0.3) is 0 Å². The number of unbranched alkanes of at least 4 members (excludes halogenated alkanes) is 1. The van der Waals surface area contributed by atoms with E-state index in [1.165, 1.54) is 0 Å². The summed E-state index contributed by atoms with van der Waals surface area (Å²) < 4.78 is 25.5. The minimum atomic E-state index is -3.04. The second kappa shape index (κ2) is 5.27. The number of hydrogen-bond donors (Lipinski definition) is 1. The van der Waals surface area contributed by atoms with Crippen molar-refractivity contribution in [3.63, 3.8) is 0 Å². The molecule has 2 N–H and O–H groups in total. The minimum Gasteiger partial charge on any atom is -0.330 e. The van der Waals surface area contributed by atoms with E-state index in [9.17, 15) is 8.42 Å². The highest BCUT2D eigenvalue weighted by Gasteiger charge is 2.35. The molecule has 0 radical (unpaired) electrons. The Morgan fingerprint density at radius 2 is 2.13 bits per heavy atom. The first-order valence-corrected chi connectivity index (χ1v) is 7.31. The Morgan fingerprint density at radius 1 is 1.47 bits per heavy atom. The average molecular weight is 234 g/mol. The molecule has 0 bridgehead atoms. The molecule has 1 aliphatic rings. The molecule has 5 heteroatoms. The van der Waals surface area contributed by atoms with E-state index >= 15 is 0 Å². The molecule has 2 unspecified atom stereocenters. The molecule has 15 heavy (non-hydrogen) atoms. The molecule has 1 aliphatic heterocycles. The Hall–Kier alpha value is -0.130. The lowest BCUT2D eigenvalue weighted by Crippen LogP contribution is -2.36. The molecule has 1 rings (SSSR count). The summed E-state index contributed by atoms with van der Waals surface area (Å²) in [7, 11) is -3.04. The van der Waals surface area contributed by atoms with Crippen LogP contribution in [-0.4, -0.2) is 37.6 Å². The zero-order valence-corrected chi connectivity index (χ0v) is 10.5. The van der Waals surface area contributed by atoms with Crippen molar-refractivity contribution in [2.24, 2.45) is 11.7 Å². The van der Waals surface area contributed by atoms with Crippen molar-refractivity contribution in [2.45, 2.75) is 39.2 Å². The highest BCUT2D eigenvalue weighted by Crippen LogP contribution is 2.25. The maximum Gasteiger partial charge on any atom is 0.214 e. The lowest BCUT2D eigenvalue weighted by atomic mass is 10.1. The van der Waals surface area contributed by atoms with E-state index in [0.717, 1.165) is 19.3 Å². The van der Waals surface area contributed by atoms with Gasteiger partial charge in [-0.1, -0.05) is 13.3 Å². The van der Waals surface area contributed by atoms with Gasteiger partial charge >= 0.3 is 0 Å². The van der Waals surface area contributed by atoms with Crippen LogP contribution in [0.5, 0.6) is 0 Å². The highest BCUT2D eigenvalue weighted by molar-refractivity contribution is 7.89. The maximum atomic E-state index is 11.9. The third-order valence-electron chi connectivity index (χ3n) is 3.05. The smallest absolute Gasteiger partial charge is 0.214 e. The van der Waals surface area contributed by atoms with Crippen molar-refractivity contribution in [3.8, 4) is 0 Å². The molecule has 0 aromatic carbocycles. The number of nitrogens with zero attached hydrogens (tertiary/aromatic N) is 1. The second-order valence-corrected chi connectivity index (χ2v) is 6.47. The van der Waals surface area contributed by atoms with Gasteiger partial charge in [-0.15, -0.1) is 0 Å². The molecule has 2 atom stereocenters. The number of hydrogen-bond acceptors (Lipinski definition) is 3. The molecule has 0 aromatic rings. The van der Waals surface area contributed by atoms with Crippen LogP contribution in [0.2, 0.25) is 0 Å². The molecule has 0 aliphatic carbocycles. The summed E-state index contributed by atoms with van der Waals surface area (Å²) in [6.45, 7) is 5.18. The van der Waals surface area contributed by atoms with Gasteiger partial charge in [0.1, 0.15) is 0 Å². The summed E-state index contributed by atoms with van der Waals surface area (Å²) in [6, 6.07) is 0.125. The second-order valence-electron chi connectivity index (χ2n) is 4.43. The van der Waals surface area contributed by atoms with Gasteiger partial charge in [-0.2, -0.15) is 4.31 Å². The van der Waals surface area contributed by atoms with Crippen LogP contribution in [0, 0.1) is 5.92 Å². The lowest BCUT2D eigenvalue weighted by molar-refractivity contribution is 0.404. The molecular weight excluding hydrogens is 212 g/mol. The van der Waals surface area contributed by atoms with Crippen LogP contribution in [0.25, 0.3) is 0 Å². The van der Waals surface area contributed by atoms with Crippen LogP contribution in [0.4, 0.5) is 0 Å². The fourth-order valence-electron chi connectivity index (χ4n) is 2.11. The van der Waals surface area contributed by atoms with Crippen molar-refractivity contribution in [2.75, 3.05) is 18.8 Å². The van der Waals surface area contributed by atoms with Gasteiger partial charge in [0.15, 0.2) is 0 Å².